The molecule has 0 bridgehead atoms. The number of aromatic nitrogens is 1. The topological polar surface area (TPSA) is 56.9 Å². The Labute approximate surface area is 291 Å². The molecule has 1 aromatic heterocycles. The van der Waals surface area contributed by atoms with Gasteiger partial charge < -0.3 is 4.57 Å². The molecule has 232 valence electrons. The molecule has 0 aliphatic rings. The van der Waals surface area contributed by atoms with Crippen LogP contribution in [-0.2, 0) is 0 Å². The predicted octanol–water partition coefficient (Wildman–Crippen LogP) is 8.12. The minimum Gasteiger partial charge on any atom is -0.308 e. The van der Waals surface area contributed by atoms with Crippen LogP contribution in [0.1, 0.15) is 11.1 Å². The van der Waals surface area contributed by atoms with Crippen LogP contribution < -0.4 is 20.7 Å². The lowest BCUT2D eigenvalue weighted by atomic mass is 9.98. The molecule has 8 rings (SSSR count). The highest BCUT2D eigenvalue weighted by Crippen LogP contribution is 2.37. The Kier molecular flexibility index (Phi) is 7.63. The minimum atomic E-state index is -2.94. The molecule has 0 spiro atoms. The average Bonchev–Trinajstić information content (AvgIpc) is 3.52. The summed E-state index contributed by atoms with van der Waals surface area (Å²) in [5, 5.41) is 27.0. The molecule has 0 amide bonds. The number of nitrogens with zero attached hydrogens (tertiary/aromatic N) is 4. The van der Waals surface area contributed by atoms with Gasteiger partial charge in [0.1, 0.15) is 6.07 Å². The first-order chi connectivity index (χ1) is 24.7. The van der Waals surface area contributed by atoms with Crippen molar-refractivity contribution in [3.8, 4) is 29.0 Å². The van der Waals surface area contributed by atoms with Gasteiger partial charge in [-0.1, -0.05) is 133 Å². The molecule has 0 radical (unpaired) electrons. The zero-order valence-electron chi connectivity index (χ0n) is 27.0. The summed E-state index contributed by atoms with van der Waals surface area (Å²) in [4.78, 5) is 4.20. The van der Waals surface area contributed by atoms with E-state index in [1.54, 1.807) is 0 Å². The maximum atomic E-state index is 10.8. The van der Waals surface area contributed by atoms with Gasteiger partial charge in [0, 0.05) is 16.3 Å². The second-order valence-electron chi connectivity index (χ2n) is 12.2. The molecular formula is C45H28N4Si. The standard InChI is InChI=1S/C45H28N4Si/c1-48-41-29-33(25-27-45(41)50(34-14-5-2-6-15-34,35-16-7-3-8-17-35)36-18-9-4-10-19-36)37-21-13-23-43(40(37)31-47)49-42-22-12-11-20-38(42)39-28-32(30-46)24-26-44(39)49/h2-29H. The molecule has 5 heteroatoms. The summed E-state index contributed by atoms with van der Waals surface area (Å²) in [6.45, 7) is 8.53. The van der Waals surface area contributed by atoms with Crippen LogP contribution in [0.15, 0.2) is 170 Å². The number of benzene rings is 7. The molecule has 8 aromatic rings. The second-order valence-corrected chi connectivity index (χ2v) is 16.0. The van der Waals surface area contributed by atoms with Crippen LogP contribution in [0.5, 0.6) is 0 Å². The SMILES string of the molecule is [C-]#[N+]c1cc(-c2cccc(-n3c4ccccc4c4cc(C#N)ccc43)c2C#N)ccc1[Si](c1ccccc1)(c1ccccc1)c1ccccc1. The fraction of sp³-hybridized carbons (Fsp3) is 0. The van der Waals surface area contributed by atoms with Gasteiger partial charge in [-0.15, -0.1) is 0 Å². The van der Waals surface area contributed by atoms with Crippen LogP contribution >= 0.6 is 0 Å². The van der Waals surface area contributed by atoms with E-state index < -0.39 is 8.07 Å². The first-order valence-electron chi connectivity index (χ1n) is 16.3. The normalized spacial score (nSPS) is 11.1. The molecule has 0 aliphatic heterocycles. The van der Waals surface area contributed by atoms with E-state index in [0.29, 0.717) is 16.8 Å². The number of fused-ring (bicyclic) bond motifs is 3. The zero-order chi connectivity index (χ0) is 34.1. The lowest BCUT2D eigenvalue weighted by Crippen LogP contribution is -2.74. The van der Waals surface area contributed by atoms with Crippen molar-refractivity contribution >= 4 is 56.3 Å². The van der Waals surface area contributed by atoms with Gasteiger partial charge >= 0.3 is 0 Å². The number of rotatable bonds is 6. The van der Waals surface area contributed by atoms with E-state index in [4.69, 9.17) is 6.57 Å². The molecule has 0 saturated heterocycles. The van der Waals surface area contributed by atoms with Gasteiger partial charge in [0.25, 0.3) is 0 Å². The summed E-state index contributed by atoms with van der Waals surface area (Å²) >= 11 is 0. The molecule has 4 nitrogen and oxygen atoms in total. The van der Waals surface area contributed by atoms with Gasteiger partial charge in [-0.3, -0.25) is 0 Å². The van der Waals surface area contributed by atoms with Gasteiger partial charge in [0.05, 0.1) is 40.5 Å². The van der Waals surface area contributed by atoms with Gasteiger partial charge in [-0.2, -0.15) is 10.5 Å². The molecule has 1 heterocycles. The van der Waals surface area contributed by atoms with E-state index in [-0.39, 0.29) is 0 Å². The van der Waals surface area contributed by atoms with E-state index in [9.17, 15) is 10.5 Å². The summed E-state index contributed by atoms with van der Waals surface area (Å²) in [7, 11) is -2.94. The molecule has 0 saturated carbocycles. The van der Waals surface area contributed by atoms with Crippen molar-refractivity contribution in [3.05, 3.63) is 192 Å². The molecule has 0 fully saturated rings. The highest BCUT2D eigenvalue weighted by atomic mass is 28.3. The molecule has 0 atom stereocenters. The van der Waals surface area contributed by atoms with Crippen molar-refractivity contribution in [3.63, 3.8) is 0 Å². The summed E-state index contributed by atoms with van der Waals surface area (Å²) in [6, 6.07) is 62.3. The van der Waals surface area contributed by atoms with Crippen LogP contribution in [0.3, 0.4) is 0 Å². The summed E-state index contributed by atoms with van der Waals surface area (Å²) in [5.74, 6) is 0. The van der Waals surface area contributed by atoms with Crippen molar-refractivity contribution in [1.82, 2.24) is 4.57 Å². The Morgan fingerprint density at radius 2 is 1.14 bits per heavy atom. The third kappa shape index (κ3) is 4.72. The van der Waals surface area contributed by atoms with Gasteiger partial charge in [0.15, 0.2) is 13.8 Å². The van der Waals surface area contributed by atoms with Crippen LogP contribution in [0.2, 0.25) is 0 Å². The number of para-hydroxylation sites is 1. The minimum absolute atomic E-state index is 0.515. The van der Waals surface area contributed by atoms with Gasteiger partial charge in [-0.25, -0.2) is 4.85 Å². The maximum absolute atomic E-state index is 10.8. The van der Waals surface area contributed by atoms with Crippen LogP contribution in [-0.4, -0.2) is 12.6 Å². The predicted molar refractivity (Wildman–Crippen MR) is 206 cm³/mol. The molecule has 0 aliphatic carbocycles. The highest BCUT2D eigenvalue weighted by molar-refractivity contribution is 7.20. The maximum Gasteiger partial charge on any atom is 0.188 e. The number of nitriles is 2. The van der Waals surface area contributed by atoms with E-state index >= 15 is 0 Å². The fourth-order valence-electron chi connectivity index (χ4n) is 7.53. The number of hydrogen-bond acceptors (Lipinski definition) is 2. The van der Waals surface area contributed by atoms with Crippen molar-refractivity contribution in [2.45, 2.75) is 0 Å². The van der Waals surface area contributed by atoms with E-state index in [1.165, 1.54) is 15.6 Å². The summed E-state index contributed by atoms with van der Waals surface area (Å²) in [5.41, 5.74) is 5.85. The molecule has 0 unspecified atom stereocenters. The quantitative estimate of drug-likeness (QED) is 0.104. The van der Waals surface area contributed by atoms with Gasteiger partial charge in [0.2, 0.25) is 0 Å². The van der Waals surface area contributed by atoms with E-state index in [2.05, 4.69) is 106 Å². The summed E-state index contributed by atoms with van der Waals surface area (Å²) < 4.78 is 2.11. The third-order valence-corrected chi connectivity index (χ3v) is 14.5. The lowest BCUT2D eigenvalue weighted by Gasteiger charge is -2.35. The Bertz CT molecular complexity index is 2580. The monoisotopic (exact) mass is 652 g/mol. The smallest absolute Gasteiger partial charge is 0.188 e. The highest BCUT2D eigenvalue weighted by Gasteiger charge is 2.42. The Morgan fingerprint density at radius 3 is 1.74 bits per heavy atom. The van der Waals surface area contributed by atoms with E-state index in [1.807, 2.05) is 84.9 Å². The van der Waals surface area contributed by atoms with Crippen LogP contribution in [0.25, 0.3) is 43.5 Å². The van der Waals surface area contributed by atoms with Crippen LogP contribution in [0.4, 0.5) is 5.69 Å². The molecule has 50 heavy (non-hydrogen) atoms. The van der Waals surface area contributed by atoms with Crippen molar-refractivity contribution in [1.29, 1.82) is 10.5 Å². The van der Waals surface area contributed by atoms with Crippen molar-refractivity contribution < 1.29 is 0 Å². The second kappa shape index (κ2) is 12.6. The third-order valence-electron chi connectivity index (χ3n) is 9.65. The summed E-state index contributed by atoms with van der Waals surface area (Å²) in [6.07, 6.45) is 0. The van der Waals surface area contributed by atoms with Crippen molar-refractivity contribution in [2.75, 3.05) is 0 Å². The van der Waals surface area contributed by atoms with E-state index in [0.717, 1.165) is 43.8 Å². The molecular weight excluding hydrogens is 625 g/mol. The van der Waals surface area contributed by atoms with Crippen LogP contribution in [0, 0.1) is 29.2 Å². The fourth-order valence-corrected chi connectivity index (χ4v) is 12.4. The Hall–Kier alpha value is -6.97. The zero-order valence-corrected chi connectivity index (χ0v) is 28.0. The Balaban J connectivity index is 1.38. The Morgan fingerprint density at radius 1 is 0.540 bits per heavy atom. The first kappa shape index (κ1) is 30.4. The molecule has 0 N–H and O–H groups in total. The number of hydrogen-bond donors (Lipinski definition) is 0. The largest absolute Gasteiger partial charge is 0.308 e. The first-order valence-corrected chi connectivity index (χ1v) is 18.3. The van der Waals surface area contributed by atoms with Crippen molar-refractivity contribution in [2.24, 2.45) is 0 Å². The average molecular weight is 653 g/mol. The molecule has 7 aromatic carbocycles. The lowest BCUT2D eigenvalue weighted by molar-refractivity contribution is 1.17. The van der Waals surface area contributed by atoms with Gasteiger partial charge in [-0.05, 0) is 62.7 Å².